The van der Waals surface area contributed by atoms with E-state index in [2.05, 4.69) is 12.1 Å². The third kappa shape index (κ3) is 5.43. The Labute approximate surface area is 108 Å². The van der Waals surface area contributed by atoms with E-state index < -0.39 is 0 Å². The molecule has 0 bridgehead atoms. The first kappa shape index (κ1) is 18.8. The third-order valence-corrected chi connectivity index (χ3v) is 1.44. The molecule has 0 aliphatic heterocycles. The van der Waals surface area contributed by atoms with Crippen LogP contribution >= 0.6 is 0 Å². The monoisotopic (exact) mass is 256 g/mol. The zero-order valence-electron chi connectivity index (χ0n) is 7.14. The van der Waals surface area contributed by atoms with Crippen molar-refractivity contribution in [2.45, 2.75) is 28.7 Å². The van der Waals surface area contributed by atoms with E-state index in [-0.39, 0.29) is 47.6 Å². The molecule has 13 heavy (non-hydrogen) atoms. The zero-order chi connectivity index (χ0) is 7.56. The Morgan fingerprint density at radius 3 is 2.15 bits per heavy atom. The van der Waals surface area contributed by atoms with E-state index in [1.54, 1.807) is 7.11 Å². The average Bonchev–Trinajstić information content (AvgIpc) is 1.88. The Morgan fingerprint density at radius 2 is 1.77 bits per heavy atom. The van der Waals surface area contributed by atoms with Crippen LogP contribution in [0.2, 0.25) is 0 Å². The smallest absolute Gasteiger partial charge is 0.0743 e. The van der Waals surface area contributed by atoms with Gasteiger partial charge in [-0.25, -0.2) is 0 Å². The van der Waals surface area contributed by atoms with Crippen LogP contribution in [0.15, 0.2) is 12.1 Å². The van der Waals surface area contributed by atoms with Crippen molar-refractivity contribution >= 4 is 0 Å². The maximum Gasteiger partial charge on any atom is 0.0743 e. The zero-order valence-corrected chi connectivity index (χ0v) is 9.98. The molecule has 0 amide bonds. The van der Waals surface area contributed by atoms with E-state index in [1.165, 1.54) is 5.56 Å². The van der Waals surface area contributed by atoms with E-state index in [9.17, 15) is 0 Å². The molecule has 0 atom stereocenters. The first-order valence-electron chi connectivity index (χ1n) is 3.27. The summed E-state index contributed by atoms with van der Waals surface area (Å²) < 4.78 is 5.04. The molecule has 0 N–H and O–H groups in total. The number of ether oxygens (including phenoxy) is 1. The van der Waals surface area contributed by atoms with Gasteiger partial charge in [-0.3, -0.25) is 0 Å². The van der Waals surface area contributed by atoms with Crippen LogP contribution in [0.25, 0.3) is 0 Å². The molecule has 0 saturated heterocycles. The predicted octanol–water partition coefficient (Wildman–Crippen LogP) is 3.38. The minimum Gasteiger partial charge on any atom is -0.522 e. The molecule has 0 aliphatic carbocycles. The summed E-state index contributed by atoms with van der Waals surface area (Å²) in [5.74, 6) is 0.839. The van der Waals surface area contributed by atoms with Crippen LogP contribution in [0.4, 0.5) is 0 Å². The molecule has 0 heterocycles. The molecule has 2 heteroatoms. The van der Waals surface area contributed by atoms with Gasteiger partial charge in [-0.15, -0.1) is 11.6 Å². The van der Waals surface area contributed by atoms with Crippen LogP contribution < -0.4 is 4.74 Å². The van der Waals surface area contributed by atoms with Crippen molar-refractivity contribution in [2.75, 3.05) is 7.11 Å². The van der Waals surface area contributed by atoms with Gasteiger partial charge in [0.15, 0.2) is 0 Å². The maximum absolute atomic E-state index is 5.04. The number of aryl methyl sites for hydroxylation is 2. The average molecular weight is 256 g/mol. The first-order chi connectivity index (χ1) is 4.74. The summed E-state index contributed by atoms with van der Waals surface area (Å²) in [4.78, 5) is 0. The van der Waals surface area contributed by atoms with E-state index in [0.29, 0.717) is 0 Å². The molecule has 0 saturated carbocycles. The molecule has 1 nitrogen and oxygen atoms in total. The minimum atomic E-state index is 0. The standard InChI is InChI=1S/C9H11O.2CH4.Y/c1-7-4-5-9(10-3)8(2)6-7;;;/h4,6H,1-3H3;2*1H4;/q-1;;;. The molecule has 0 spiro atoms. The third-order valence-electron chi connectivity index (χ3n) is 1.44. The topological polar surface area (TPSA) is 9.23 Å². The van der Waals surface area contributed by atoms with E-state index in [4.69, 9.17) is 4.74 Å². The number of hydrogen-bond acceptors (Lipinski definition) is 1. The maximum atomic E-state index is 5.04. The first-order valence-corrected chi connectivity index (χ1v) is 3.27. The van der Waals surface area contributed by atoms with Gasteiger partial charge in [0.25, 0.3) is 0 Å². The van der Waals surface area contributed by atoms with Gasteiger partial charge < -0.3 is 4.74 Å². The molecule has 1 aromatic carbocycles. The van der Waals surface area contributed by atoms with Gasteiger partial charge in [-0.2, -0.15) is 17.7 Å². The van der Waals surface area contributed by atoms with Gasteiger partial charge in [0.05, 0.1) is 7.11 Å². The summed E-state index contributed by atoms with van der Waals surface area (Å²) in [6.45, 7) is 4.06. The van der Waals surface area contributed by atoms with Gasteiger partial charge in [0.1, 0.15) is 0 Å². The van der Waals surface area contributed by atoms with Gasteiger partial charge in [0, 0.05) is 38.5 Å². The fourth-order valence-electron chi connectivity index (χ4n) is 0.962. The van der Waals surface area contributed by atoms with Gasteiger partial charge in [-0.1, -0.05) is 28.7 Å². The summed E-state index contributed by atoms with van der Waals surface area (Å²) in [7, 11) is 1.66. The van der Waals surface area contributed by atoms with Gasteiger partial charge >= 0.3 is 0 Å². The van der Waals surface area contributed by atoms with Crippen LogP contribution in [0.5, 0.6) is 5.75 Å². The van der Waals surface area contributed by atoms with Crippen molar-refractivity contribution in [3.05, 3.63) is 29.3 Å². The van der Waals surface area contributed by atoms with E-state index >= 15 is 0 Å². The van der Waals surface area contributed by atoms with Crippen LogP contribution in [-0.4, -0.2) is 7.11 Å². The Hall–Kier alpha value is 0.124. The molecule has 73 valence electrons. The second-order valence-electron chi connectivity index (χ2n) is 2.39. The Morgan fingerprint density at radius 1 is 1.23 bits per heavy atom. The fraction of sp³-hybridized carbons (Fsp3) is 0.455. The summed E-state index contributed by atoms with van der Waals surface area (Å²) in [6, 6.07) is 7.03. The van der Waals surface area contributed by atoms with Crippen molar-refractivity contribution in [2.24, 2.45) is 0 Å². The van der Waals surface area contributed by atoms with Gasteiger partial charge in [0.2, 0.25) is 0 Å². The quantitative estimate of drug-likeness (QED) is 0.700. The molecule has 0 aromatic heterocycles. The SMILES string of the molecule is C.C.COc1[c-]cc(C)cc1C.[Y]. The normalized spacial score (nSPS) is 7.31. The molecule has 0 aliphatic rings. The van der Waals surface area contributed by atoms with E-state index in [0.717, 1.165) is 11.3 Å². The number of benzene rings is 1. The minimum absolute atomic E-state index is 0. The fourth-order valence-corrected chi connectivity index (χ4v) is 0.962. The van der Waals surface area contributed by atoms with Crippen molar-refractivity contribution in [1.29, 1.82) is 0 Å². The van der Waals surface area contributed by atoms with Crippen molar-refractivity contribution in [3.63, 3.8) is 0 Å². The Bertz CT molecular complexity index is 234. The second kappa shape index (κ2) is 8.71. The molecular formula is C11H19OY-. The molecule has 1 rings (SSSR count). The molecule has 1 aromatic rings. The Kier molecular flexibility index (Phi) is 12.6. The number of hydrogen-bond donors (Lipinski definition) is 0. The molecule has 0 unspecified atom stereocenters. The van der Waals surface area contributed by atoms with Crippen LogP contribution in [0.1, 0.15) is 26.0 Å². The molecular weight excluding hydrogens is 237 g/mol. The number of rotatable bonds is 1. The Balaban J connectivity index is -0.000000333. The van der Waals surface area contributed by atoms with Crippen molar-refractivity contribution in [3.8, 4) is 5.75 Å². The summed E-state index contributed by atoms with van der Waals surface area (Å²) in [6.07, 6.45) is 0. The van der Waals surface area contributed by atoms with Crippen LogP contribution in [0, 0.1) is 19.9 Å². The van der Waals surface area contributed by atoms with E-state index in [1.807, 2.05) is 19.9 Å². The van der Waals surface area contributed by atoms with Gasteiger partial charge in [-0.05, 0) is 0 Å². The second-order valence-corrected chi connectivity index (χ2v) is 2.39. The predicted molar refractivity (Wildman–Crippen MR) is 54.8 cm³/mol. The largest absolute Gasteiger partial charge is 0.522 e. The summed E-state index contributed by atoms with van der Waals surface area (Å²) in [5.41, 5.74) is 2.36. The van der Waals surface area contributed by atoms with Crippen molar-refractivity contribution < 1.29 is 37.4 Å². The van der Waals surface area contributed by atoms with Crippen LogP contribution in [0.3, 0.4) is 0 Å². The van der Waals surface area contributed by atoms with Crippen LogP contribution in [-0.2, 0) is 32.7 Å². The summed E-state index contributed by atoms with van der Waals surface area (Å²) >= 11 is 0. The number of methoxy groups -OCH3 is 1. The van der Waals surface area contributed by atoms with Crippen molar-refractivity contribution in [1.82, 2.24) is 0 Å². The molecule has 1 radical (unpaired) electrons. The molecule has 0 fully saturated rings. The summed E-state index contributed by atoms with van der Waals surface area (Å²) in [5, 5.41) is 0.